The molecule has 0 heterocycles. The van der Waals surface area contributed by atoms with Gasteiger partial charge >= 0.3 is 0 Å². The van der Waals surface area contributed by atoms with Crippen LogP contribution in [0.15, 0.2) is 24.3 Å². The molecule has 2 atom stereocenters. The van der Waals surface area contributed by atoms with E-state index in [1.807, 2.05) is 6.92 Å². The van der Waals surface area contributed by atoms with Crippen LogP contribution in [0.2, 0.25) is 0 Å². The summed E-state index contributed by atoms with van der Waals surface area (Å²) in [6.45, 7) is 7.86. The molecule has 2 rings (SSSR count). The Morgan fingerprint density at radius 2 is 2.00 bits per heavy atom. The van der Waals surface area contributed by atoms with Gasteiger partial charge in [0.15, 0.2) is 0 Å². The predicted octanol–water partition coefficient (Wildman–Crippen LogP) is 2.49. The minimum absolute atomic E-state index is 0.187. The van der Waals surface area contributed by atoms with Crippen LogP contribution >= 0.6 is 0 Å². The van der Waals surface area contributed by atoms with Crippen molar-refractivity contribution in [3.63, 3.8) is 0 Å². The third-order valence-corrected chi connectivity index (χ3v) is 3.81. The quantitative estimate of drug-likeness (QED) is 0.786. The molecular weight excluding hydrogens is 224 g/mol. The summed E-state index contributed by atoms with van der Waals surface area (Å²) in [6, 6.07) is 9.22. The molecule has 0 aliphatic heterocycles. The second-order valence-electron chi connectivity index (χ2n) is 4.81. The number of hydrogen-bond donors (Lipinski definition) is 1. The third kappa shape index (κ3) is 2.74. The summed E-state index contributed by atoms with van der Waals surface area (Å²) in [7, 11) is 0. The number of rotatable bonds is 6. The maximum absolute atomic E-state index is 6.23. The Morgan fingerprint density at radius 3 is 2.67 bits per heavy atom. The molecular formula is C15H24N2O. The van der Waals surface area contributed by atoms with Crippen LogP contribution in [0.1, 0.15) is 43.5 Å². The molecule has 0 saturated heterocycles. The summed E-state index contributed by atoms with van der Waals surface area (Å²) in [5, 5.41) is 0. The lowest BCUT2D eigenvalue weighted by Crippen LogP contribution is -2.31. The number of benzene rings is 1. The molecule has 0 saturated carbocycles. The third-order valence-electron chi connectivity index (χ3n) is 3.81. The molecule has 0 radical (unpaired) electrons. The van der Waals surface area contributed by atoms with Gasteiger partial charge in [-0.1, -0.05) is 31.2 Å². The lowest BCUT2D eigenvalue weighted by atomic mass is 10.1. The Bertz CT molecular complexity index is 381. The van der Waals surface area contributed by atoms with Crippen molar-refractivity contribution in [1.82, 2.24) is 4.90 Å². The summed E-state index contributed by atoms with van der Waals surface area (Å²) in [5.41, 5.74) is 8.95. The van der Waals surface area contributed by atoms with Crippen molar-refractivity contribution in [3.05, 3.63) is 35.4 Å². The molecule has 1 aliphatic carbocycles. The van der Waals surface area contributed by atoms with Gasteiger partial charge in [0, 0.05) is 25.2 Å². The van der Waals surface area contributed by atoms with Crippen molar-refractivity contribution in [3.8, 4) is 0 Å². The zero-order valence-corrected chi connectivity index (χ0v) is 11.4. The predicted molar refractivity (Wildman–Crippen MR) is 74.5 cm³/mol. The van der Waals surface area contributed by atoms with Crippen molar-refractivity contribution in [2.24, 2.45) is 5.73 Å². The highest BCUT2D eigenvalue weighted by molar-refractivity contribution is 5.37. The highest BCUT2D eigenvalue weighted by atomic mass is 16.5. The van der Waals surface area contributed by atoms with E-state index in [9.17, 15) is 0 Å². The largest absolute Gasteiger partial charge is 0.380 e. The summed E-state index contributed by atoms with van der Waals surface area (Å²) in [6.07, 6.45) is 1.03. The fourth-order valence-corrected chi connectivity index (χ4v) is 2.85. The van der Waals surface area contributed by atoms with Gasteiger partial charge in [-0.15, -0.1) is 0 Å². The van der Waals surface area contributed by atoms with Gasteiger partial charge in [-0.05, 0) is 31.0 Å². The summed E-state index contributed by atoms with van der Waals surface area (Å²) in [5.74, 6) is 0. The number of nitrogens with zero attached hydrogens (tertiary/aromatic N) is 1. The van der Waals surface area contributed by atoms with E-state index in [1.54, 1.807) is 0 Å². The van der Waals surface area contributed by atoms with Gasteiger partial charge in [-0.3, -0.25) is 4.90 Å². The number of fused-ring (bicyclic) bond motifs is 1. The van der Waals surface area contributed by atoms with Crippen molar-refractivity contribution in [1.29, 1.82) is 0 Å². The zero-order valence-electron chi connectivity index (χ0n) is 11.4. The maximum Gasteiger partial charge on any atom is 0.0593 e. The molecule has 0 amide bonds. The van der Waals surface area contributed by atoms with Gasteiger partial charge in [0.25, 0.3) is 0 Å². The molecule has 2 unspecified atom stereocenters. The first kappa shape index (κ1) is 13.5. The monoisotopic (exact) mass is 248 g/mol. The molecule has 3 nitrogen and oxygen atoms in total. The fourth-order valence-electron chi connectivity index (χ4n) is 2.85. The van der Waals surface area contributed by atoms with Crippen LogP contribution in [0, 0.1) is 0 Å². The van der Waals surface area contributed by atoms with Gasteiger partial charge in [-0.2, -0.15) is 0 Å². The molecule has 1 aliphatic rings. The van der Waals surface area contributed by atoms with Crippen molar-refractivity contribution < 1.29 is 4.74 Å². The SMILES string of the molecule is CCOCCN(CC)C1CC(N)c2ccccc21. The molecule has 0 fully saturated rings. The van der Waals surface area contributed by atoms with Crippen LogP contribution in [0.3, 0.4) is 0 Å². The van der Waals surface area contributed by atoms with E-state index >= 15 is 0 Å². The topological polar surface area (TPSA) is 38.5 Å². The molecule has 0 bridgehead atoms. The van der Waals surface area contributed by atoms with E-state index in [2.05, 4.69) is 36.1 Å². The molecule has 18 heavy (non-hydrogen) atoms. The summed E-state index contributed by atoms with van der Waals surface area (Å²) >= 11 is 0. The molecule has 2 N–H and O–H groups in total. The summed E-state index contributed by atoms with van der Waals surface area (Å²) < 4.78 is 5.47. The van der Waals surface area contributed by atoms with E-state index in [1.165, 1.54) is 11.1 Å². The van der Waals surface area contributed by atoms with Crippen LogP contribution in [0.25, 0.3) is 0 Å². The molecule has 0 spiro atoms. The Labute approximate surface area is 110 Å². The molecule has 1 aromatic rings. The van der Waals surface area contributed by atoms with Crippen molar-refractivity contribution in [2.75, 3.05) is 26.3 Å². The molecule has 0 aromatic heterocycles. The second kappa shape index (κ2) is 6.32. The number of likely N-dealkylation sites (N-methyl/N-ethyl adjacent to an activating group) is 1. The van der Waals surface area contributed by atoms with Crippen LogP contribution in [-0.4, -0.2) is 31.2 Å². The first-order valence-electron chi connectivity index (χ1n) is 6.94. The van der Waals surface area contributed by atoms with E-state index in [0.29, 0.717) is 6.04 Å². The van der Waals surface area contributed by atoms with Gasteiger partial charge in [0.05, 0.1) is 6.61 Å². The smallest absolute Gasteiger partial charge is 0.0593 e. The minimum Gasteiger partial charge on any atom is -0.380 e. The van der Waals surface area contributed by atoms with E-state index in [4.69, 9.17) is 10.5 Å². The minimum atomic E-state index is 0.187. The Kier molecular flexibility index (Phi) is 4.75. The van der Waals surface area contributed by atoms with Gasteiger partial charge in [0.1, 0.15) is 0 Å². The Morgan fingerprint density at radius 1 is 1.28 bits per heavy atom. The lowest BCUT2D eigenvalue weighted by molar-refractivity contribution is 0.0954. The van der Waals surface area contributed by atoms with Crippen molar-refractivity contribution in [2.45, 2.75) is 32.4 Å². The Hall–Kier alpha value is -0.900. The average molecular weight is 248 g/mol. The van der Waals surface area contributed by atoms with Gasteiger partial charge < -0.3 is 10.5 Å². The van der Waals surface area contributed by atoms with Gasteiger partial charge in [-0.25, -0.2) is 0 Å². The highest BCUT2D eigenvalue weighted by Gasteiger charge is 2.31. The summed E-state index contributed by atoms with van der Waals surface area (Å²) in [4.78, 5) is 2.47. The van der Waals surface area contributed by atoms with Crippen LogP contribution in [0.4, 0.5) is 0 Å². The molecule has 3 heteroatoms. The normalized spacial score (nSPS) is 22.4. The number of nitrogens with two attached hydrogens (primary N) is 1. The van der Waals surface area contributed by atoms with E-state index < -0.39 is 0 Å². The molecule has 100 valence electrons. The zero-order chi connectivity index (χ0) is 13.0. The standard InChI is InChI=1S/C15H24N2O/c1-3-17(9-10-18-4-2)15-11-14(16)12-7-5-6-8-13(12)15/h5-8,14-15H,3-4,9-11,16H2,1-2H3. The first-order valence-corrected chi connectivity index (χ1v) is 6.94. The van der Waals surface area contributed by atoms with E-state index in [-0.39, 0.29) is 6.04 Å². The lowest BCUT2D eigenvalue weighted by Gasteiger charge is -2.28. The highest BCUT2D eigenvalue weighted by Crippen LogP contribution is 2.40. The Balaban J connectivity index is 2.08. The second-order valence-corrected chi connectivity index (χ2v) is 4.81. The van der Waals surface area contributed by atoms with Crippen molar-refractivity contribution >= 4 is 0 Å². The molecule has 1 aromatic carbocycles. The van der Waals surface area contributed by atoms with Gasteiger partial charge in [0.2, 0.25) is 0 Å². The van der Waals surface area contributed by atoms with E-state index in [0.717, 1.165) is 32.7 Å². The fraction of sp³-hybridized carbons (Fsp3) is 0.600. The van der Waals surface area contributed by atoms with Crippen LogP contribution in [-0.2, 0) is 4.74 Å². The number of ether oxygens (including phenoxy) is 1. The average Bonchev–Trinajstić information content (AvgIpc) is 2.73. The maximum atomic E-state index is 6.23. The van der Waals surface area contributed by atoms with Crippen LogP contribution in [0.5, 0.6) is 0 Å². The first-order chi connectivity index (χ1) is 8.77. The number of hydrogen-bond acceptors (Lipinski definition) is 3. The van der Waals surface area contributed by atoms with Crippen LogP contribution < -0.4 is 5.73 Å².